The van der Waals surface area contributed by atoms with Gasteiger partial charge in [-0.2, -0.15) is 0 Å². The average Bonchev–Trinajstić information content (AvgIpc) is 2.47. The van der Waals surface area contributed by atoms with Gasteiger partial charge in [0.05, 0.1) is 12.7 Å². The summed E-state index contributed by atoms with van der Waals surface area (Å²) in [5, 5.41) is 6.16. The maximum atomic E-state index is 12.1. The summed E-state index contributed by atoms with van der Waals surface area (Å²) in [7, 11) is 0. The molecule has 2 amide bonds. The fourth-order valence-corrected chi connectivity index (χ4v) is 3.63. The Morgan fingerprint density at radius 3 is 2.57 bits per heavy atom. The van der Waals surface area contributed by atoms with Crippen molar-refractivity contribution in [3.05, 3.63) is 0 Å². The van der Waals surface area contributed by atoms with Crippen molar-refractivity contribution in [2.75, 3.05) is 32.8 Å². The second kappa shape index (κ2) is 10.1. The van der Waals surface area contributed by atoms with E-state index in [9.17, 15) is 4.79 Å². The van der Waals surface area contributed by atoms with Crippen LogP contribution < -0.4 is 10.6 Å². The van der Waals surface area contributed by atoms with Gasteiger partial charge in [-0.3, -0.25) is 4.90 Å². The second-order valence-electron chi connectivity index (χ2n) is 7.54. The second-order valence-corrected chi connectivity index (χ2v) is 7.54. The van der Waals surface area contributed by atoms with Crippen molar-refractivity contribution in [3.63, 3.8) is 0 Å². The van der Waals surface area contributed by atoms with Crippen LogP contribution in [0.2, 0.25) is 0 Å². The summed E-state index contributed by atoms with van der Waals surface area (Å²) in [6, 6.07) is 0.320. The number of carbonyl (C=O) groups excluding carboxylic acids is 1. The molecule has 0 aromatic heterocycles. The molecule has 0 bridgehead atoms. The van der Waals surface area contributed by atoms with Crippen molar-refractivity contribution in [1.29, 1.82) is 0 Å². The molecule has 1 saturated heterocycles. The molecule has 1 heterocycles. The van der Waals surface area contributed by atoms with Gasteiger partial charge in [-0.15, -0.1) is 0 Å². The van der Waals surface area contributed by atoms with Crippen LogP contribution in [0.15, 0.2) is 0 Å². The Kier molecular flexibility index (Phi) is 8.17. The lowest BCUT2D eigenvalue weighted by molar-refractivity contribution is -0.0290. The summed E-state index contributed by atoms with van der Waals surface area (Å²) in [4.78, 5) is 14.6. The number of hydrogen-bond acceptors (Lipinski definition) is 3. The van der Waals surface area contributed by atoms with E-state index >= 15 is 0 Å². The number of amides is 2. The Hall–Kier alpha value is -0.810. The first-order chi connectivity index (χ1) is 11.1. The maximum absolute atomic E-state index is 12.1. The fraction of sp³-hybridized carbons (Fsp3) is 0.944. The number of morpholine rings is 1. The summed E-state index contributed by atoms with van der Waals surface area (Å²) in [5.74, 6) is 0.671. The van der Waals surface area contributed by atoms with Crippen molar-refractivity contribution in [1.82, 2.24) is 15.5 Å². The molecule has 0 aromatic carbocycles. The molecular weight excluding hydrogens is 290 g/mol. The van der Waals surface area contributed by atoms with E-state index in [1.165, 1.54) is 32.1 Å². The number of ether oxygens (including phenoxy) is 1. The molecule has 1 aliphatic carbocycles. The molecule has 5 heteroatoms. The van der Waals surface area contributed by atoms with Crippen molar-refractivity contribution in [3.8, 4) is 0 Å². The normalized spacial score (nSPS) is 24.9. The summed E-state index contributed by atoms with van der Waals surface area (Å²) in [6.07, 6.45) is 8.80. The number of nitrogens with zero attached hydrogens (tertiary/aromatic N) is 1. The molecule has 23 heavy (non-hydrogen) atoms. The van der Waals surface area contributed by atoms with Crippen LogP contribution in [-0.2, 0) is 4.74 Å². The van der Waals surface area contributed by atoms with Crippen LogP contribution >= 0.6 is 0 Å². The molecular formula is C18H35N3O2. The van der Waals surface area contributed by atoms with Gasteiger partial charge in [0, 0.05) is 32.2 Å². The lowest BCUT2D eigenvalue weighted by Gasteiger charge is -2.34. The Labute approximate surface area is 141 Å². The molecule has 2 aliphatic rings. The third-order valence-electron chi connectivity index (χ3n) is 4.78. The molecule has 0 spiro atoms. The van der Waals surface area contributed by atoms with E-state index in [2.05, 4.69) is 29.4 Å². The van der Waals surface area contributed by atoms with Gasteiger partial charge < -0.3 is 15.4 Å². The lowest BCUT2D eigenvalue weighted by Crippen LogP contribution is -2.50. The Balaban J connectivity index is 1.64. The summed E-state index contributed by atoms with van der Waals surface area (Å²) < 4.78 is 5.78. The van der Waals surface area contributed by atoms with Crippen molar-refractivity contribution >= 4 is 6.03 Å². The SMILES string of the molecule is CC(C)CN1CCOC(CNC(=O)NC2CCCCCCC2)C1. The molecule has 1 atom stereocenters. The van der Waals surface area contributed by atoms with E-state index < -0.39 is 0 Å². The standard InChI is InChI=1S/C18H35N3O2/c1-15(2)13-21-10-11-23-17(14-21)12-19-18(22)20-16-8-6-4-3-5-7-9-16/h15-17H,3-14H2,1-2H3,(H2,19,20,22). The first-order valence-electron chi connectivity index (χ1n) is 9.52. The summed E-state index contributed by atoms with van der Waals surface area (Å²) in [5.41, 5.74) is 0. The van der Waals surface area contributed by atoms with Gasteiger partial charge in [-0.05, 0) is 18.8 Å². The highest BCUT2D eigenvalue weighted by Crippen LogP contribution is 2.17. The minimum Gasteiger partial charge on any atom is -0.374 e. The molecule has 1 unspecified atom stereocenters. The van der Waals surface area contributed by atoms with Gasteiger partial charge in [0.1, 0.15) is 0 Å². The highest BCUT2D eigenvalue weighted by molar-refractivity contribution is 5.74. The van der Waals surface area contributed by atoms with Crippen LogP contribution in [0, 0.1) is 5.92 Å². The van der Waals surface area contributed by atoms with Crippen LogP contribution in [0.1, 0.15) is 58.8 Å². The van der Waals surface area contributed by atoms with Crippen LogP contribution in [0.5, 0.6) is 0 Å². The van der Waals surface area contributed by atoms with Crippen molar-refractivity contribution in [2.45, 2.75) is 70.9 Å². The van der Waals surface area contributed by atoms with E-state index in [0.29, 0.717) is 18.5 Å². The number of rotatable bonds is 5. The third-order valence-corrected chi connectivity index (χ3v) is 4.78. The smallest absolute Gasteiger partial charge is 0.315 e. The van der Waals surface area contributed by atoms with Gasteiger partial charge in [0.15, 0.2) is 0 Å². The van der Waals surface area contributed by atoms with E-state index in [0.717, 1.165) is 39.1 Å². The predicted molar refractivity (Wildman–Crippen MR) is 93.7 cm³/mol. The Morgan fingerprint density at radius 1 is 1.17 bits per heavy atom. The molecule has 1 aliphatic heterocycles. The van der Waals surface area contributed by atoms with Crippen LogP contribution in [0.4, 0.5) is 4.79 Å². The highest BCUT2D eigenvalue weighted by atomic mass is 16.5. The maximum Gasteiger partial charge on any atom is 0.315 e. The predicted octanol–water partition coefficient (Wildman–Crippen LogP) is 2.76. The quantitative estimate of drug-likeness (QED) is 0.817. The summed E-state index contributed by atoms with van der Waals surface area (Å²) >= 11 is 0. The molecule has 2 fully saturated rings. The Morgan fingerprint density at radius 2 is 1.87 bits per heavy atom. The van der Waals surface area contributed by atoms with E-state index in [1.807, 2.05) is 0 Å². The molecule has 0 aromatic rings. The largest absolute Gasteiger partial charge is 0.374 e. The van der Waals surface area contributed by atoms with Crippen LogP contribution in [-0.4, -0.2) is 55.9 Å². The van der Waals surface area contributed by atoms with Gasteiger partial charge in [0.2, 0.25) is 0 Å². The number of nitrogens with one attached hydrogen (secondary N) is 2. The zero-order valence-electron chi connectivity index (χ0n) is 15.0. The first-order valence-corrected chi connectivity index (χ1v) is 9.52. The minimum absolute atomic E-state index is 0.0276. The Bertz CT molecular complexity index is 341. The molecule has 5 nitrogen and oxygen atoms in total. The van der Waals surface area contributed by atoms with Crippen LogP contribution in [0.25, 0.3) is 0 Å². The van der Waals surface area contributed by atoms with E-state index in [-0.39, 0.29) is 12.1 Å². The lowest BCUT2D eigenvalue weighted by atomic mass is 9.97. The topological polar surface area (TPSA) is 53.6 Å². The number of carbonyl (C=O) groups is 1. The monoisotopic (exact) mass is 325 g/mol. The van der Waals surface area contributed by atoms with Gasteiger partial charge in [-0.1, -0.05) is 46.0 Å². The van der Waals surface area contributed by atoms with Gasteiger partial charge >= 0.3 is 6.03 Å². The highest BCUT2D eigenvalue weighted by Gasteiger charge is 2.22. The van der Waals surface area contributed by atoms with E-state index in [1.54, 1.807) is 0 Å². The van der Waals surface area contributed by atoms with Gasteiger partial charge in [0.25, 0.3) is 0 Å². The molecule has 2 N–H and O–H groups in total. The van der Waals surface area contributed by atoms with Crippen molar-refractivity contribution in [2.24, 2.45) is 5.92 Å². The molecule has 134 valence electrons. The van der Waals surface area contributed by atoms with Gasteiger partial charge in [-0.25, -0.2) is 4.79 Å². The summed E-state index contributed by atoms with van der Waals surface area (Å²) in [6.45, 7) is 8.88. The zero-order valence-corrected chi connectivity index (χ0v) is 15.0. The van der Waals surface area contributed by atoms with Crippen LogP contribution in [0.3, 0.4) is 0 Å². The van der Waals surface area contributed by atoms with E-state index in [4.69, 9.17) is 4.74 Å². The van der Waals surface area contributed by atoms with Crippen molar-refractivity contribution < 1.29 is 9.53 Å². The average molecular weight is 325 g/mol. The minimum atomic E-state index is -0.0276. The molecule has 2 rings (SSSR count). The fourth-order valence-electron chi connectivity index (χ4n) is 3.63. The molecule has 0 radical (unpaired) electrons. The number of hydrogen-bond donors (Lipinski definition) is 2. The third kappa shape index (κ3) is 7.53. The first kappa shape index (κ1) is 18.5. The molecule has 1 saturated carbocycles. The zero-order chi connectivity index (χ0) is 16.5. The number of urea groups is 1.